The maximum absolute atomic E-state index is 4.65. The number of aryl methyl sites for hydroxylation is 2. The molecule has 0 atom stereocenters. The van der Waals surface area contributed by atoms with Gasteiger partial charge in [0.15, 0.2) is 0 Å². The van der Waals surface area contributed by atoms with E-state index in [4.69, 9.17) is 0 Å². The van der Waals surface area contributed by atoms with Gasteiger partial charge in [0.2, 0.25) is 0 Å². The smallest absolute Gasteiger partial charge is 0.0703 e. The molecule has 2 rings (SSSR count). The highest BCUT2D eigenvalue weighted by molar-refractivity contribution is 5.69. The Labute approximate surface area is 122 Å². The fourth-order valence-electron chi connectivity index (χ4n) is 2.66. The molecule has 0 saturated heterocycles. The van der Waals surface area contributed by atoms with Crippen LogP contribution in [-0.4, -0.2) is 16.3 Å². The Morgan fingerprint density at radius 3 is 2.30 bits per heavy atom. The van der Waals surface area contributed by atoms with Gasteiger partial charge in [-0.05, 0) is 30.5 Å². The number of hydrogen-bond donors (Lipinski definition) is 1. The molecule has 0 radical (unpaired) electrons. The molecule has 0 aliphatic heterocycles. The summed E-state index contributed by atoms with van der Waals surface area (Å²) in [4.78, 5) is 0. The quantitative estimate of drug-likeness (QED) is 0.873. The number of hydrogen-bond acceptors (Lipinski definition) is 2. The maximum Gasteiger partial charge on any atom is 0.0703 e. The molecule has 108 valence electrons. The molecule has 0 unspecified atom stereocenters. The molecule has 3 heteroatoms. The minimum Gasteiger partial charge on any atom is -0.313 e. The monoisotopic (exact) mass is 271 g/mol. The SMILES string of the molecule is CCNCc1ccc(-c2c(CC)nn(C)c2CC)cc1. The Bertz CT molecular complexity index is 552. The van der Waals surface area contributed by atoms with Crippen molar-refractivity contribution in [2.75, 3.05) is 6.54 Å². The normalized spacial score (nSPS) is 11.0. The van der Waals surface area contributed by atoms with Gasteiger partial charge in [-0.25, -0.2) is 0 Å². The molecule has 0 fully saturated rings. The van der Waals surface area contributed by atoms with Gasteiger partial charge in [-0.3, -0.25) is 4.68 Å². The summed E-state index contributed by atoms with van der Waals surface area (Å²) in [5.41, 5.74) is 6.46. The second kappa shape index (κ2) is 6.71. The van der Waals surface area contributed by atoms with Crippen molar-refractivity contribution >= 4 is 0 Å². The molecule has 1 aromatic carbocycles. The lowest BCUT2D eigenvalue weighted by Crippen LogP contribution is -2.11. The highest BCUT2D eigenvalue weighted by atomic mass is 15.3. The van der Waals surface area contributed by atoms with Crippen molar-refractivity contribution in [3.8, 4) is 11.1 Å². The summed E-state index contributed by atoms with van der Waals surface area (Å²) in [6, 6.07) is 8.87. The van der Waals surface area contributed by atoms with Crippen LogP contribution in [0.15, 0.2) is 24.3 Å². The summed E-state index contributed by atoms with van der Waals surface area (Å²) >= 11 is 0. The van der Waals surface area contributed by atoms with Crippen LogP contribution in [0.2, 0.25) is 0 Å². The highest BCUT2D eigenvalue weighted by Crippen LogP contribution is 2.28. The standard InChI is InChI=1S/C17H25N3/c1-5-15-17(16(6-2)20(4)19-15)14-10-8-13(9-11-14)12-18-7-3/h8-11,18H,5-7,12H2,1-4H3. The van der Waals surface area contributed by atoms with E-state index in [1.165, 1.54) is 28.1 Å². The molecule has 0 aliphatic carbocycles. The van der Waals surface area contributed by atoms with Crippen LogP contribution in [0.1, 0.15) is 37.7 Å². The Morgan fingerprint density at radius 2 is 1.75 bits per heavy atom. The molecule has 0 aliphatic rings. The summed E-state index contributed by atoms with van der Waals surface area (Å²) in [5, 5.41) is 8.01. The zero-order valence-corrected chi connectivity index (χ0v) is 13.0. The van der Waals surface area contributed by atoms with Gasteiger partial charge in [-0.1, -0.05) is 45.0 Å². The van der Waals surface area contributed by atoms with Gasteiger partial charge in [0, 0.05) is 24.8 Å². The van der Waals surface area contributed by atoms with Crippen molar-refractivity contribution in [1.82, 2.24) is 15.1 Å². The summed E-state index contributed by atoms with van der Waals surface area (Å²) in [7, 11) is 2.04. The Morgan fingerprint density at radius 1 is 1.05 bits per heavy atom. The van der Waals surface area contributed by atoms with E-state index in [0.29, 0.717) is 0 Å². The largest absolute Gasteiger partial charge is 0.313 e. The summed E-state index contributed by atoms with van der Waals surface area (Å²) in [5.74, 6) is 0. The van der Waals surface area contributed by atoms with Crippen LogP contribution in [0.25, 0.3) is 11.1 Å². The first-order valence-corrected chi connectivity index (χ1v) is 7.55. The first-order chi connectivity index (χ1) is 9.71. The van der Waals surface area contributed by atoms with Crippen LogP contribution < -0.4 is 5.32 Å². The van der Waals surface area contributed by atoms with Gasteiger partial charge in [0.25, 0.3) is 0 Å². The lowest BCUT2D eigenvalue weighted by Gasteiger charge is -2.07. The lowest BCUT2D eigenvalue weighted by molar-refractivity contribution is 0.705. The van der Waals surface area contributed by atoms with Gasteiger partial charge in [0.05, 0.1) is 5.69 Å². The van der Waals surface area contributed by atoms with Crippen LogP contribution in [0.4, 0.5) is 0 Å². The number of nitrogens with zero attached hydrogens (tertiary/aromatic N) is 2. The molecular formula is C17H25N3. The fourth-order valence-corrected chi connectivity index (χ4v) is 2.66. The van der Waals surface area contributed by atoms with Gasteiger partial charge in [-0.15, -0.1) is 0 Å². The van der Waals surface area contributed by atoms with E-state index in [2.05, 4.69) is 55.5 Å². The second-order valence-corrected chi connectivity index (χ2v) is 5.08. The van der Waals surface area contributed by atoms with Crippen molar-refractivity contribution in [3.05, 3.63) is 41.2 Å². The Hall–Kier alpha value is -1.61. The van der Waals surface area contributed by atoms with Crippen LogP contribution in [0.5, 0.6) is 0 Å². The highest BCUT2D eigenvalue weighted by Gasteiger charge is 2.15. The summed E-state index contributed by atoms with van der Waals surface area (Å²) in [6.45, 7) is 8.44. The zero-order chi connectivity index (χ0) is 14.5. The van der Waals surface area contributed by atoms with Gasteiger partial charge < -0.3 is 5.32 Å². The van der Waals surface area contributed by atoms with E-state index < -0.39 is 0 Å². The van der Waals surface area contributed by atoms with E-state index in [1.807, 2.05) is 11.7 Å². The summed E-state index contributed by atoms with van der Waals surface area (Å²) < 4.78 is 2.03. The first-order valence-electron chi connectivity index (χ1n) is 7.55. The first kappa shape index (κ1) is 14.8. The van der Waals surface area contributed by atoms with Crippen LogP contribution in [0.3, 0.4) is 0 Å². The molecule has 0 spiro atoms. The zero-order valence-electron chi connectivity index (χ0n) is 13.0. The molecule has 0 bridgehead atoms. The molecule has 3 nitrogen and oxygen atoms in total. The average Bonchev–Trinajstić information content (AvgIpc) is 2.81. The molecule has 1 N–H and O–H groups in total. The Balaban J connectivity index is 2.35. The average molecular weight is 271 g/mol. The topological polar surface area (TPSA) is 29.9 Å². The van der Waals surface area contributed by atoms with Crippen molar-refractivity contribution in [3.63, 3.8) is 0 Å². The van der Waals surface area contributed by atoms with Crippen molar-refractivity contribution in [2.45, 2.75) is 40.2 Å². The molecule has 2 aromatic rings. The second-order valence-electron chi connectivity index (χ2n) is 5.08. The van der Waals surface area contributed by atoms with Crippen LogP contribution >= 0.6 is 0 Å². The summed E-state index contributed by atoms with van der Waals surface area (Å²) in [6.07, 6.45) is 1.99. The van der Waals surface area contributed by atoms with E-state index >= 15 is 0 Å². The predicted octanol–water partition coefficient (Wildman–Crippen LogP) is 3.32. The third-order valence-corrected chi connectivity index (χ3v) is 3.73. The minimum atomic E-state index is 0.936. The molecule has 1 aromatic heterocycles. The number of aromatic nitrogens is 2. The maximum atomic E-state index is 4.65. The minimum absolute atomic E-state index is 0.936. The fraction of sp³-hybridized carbons (Fsp3) is 0.471. The van der Waals surface area contributed by atoms with E-state index in [-0.39, 0.29) is 0 Å². The van der Waals surface area contributed by atoms with Crippen LogP contribution in [-0.2, 0) is 26.4 Å². The molecular weight excluding hydrogens is 246 g/mol. The van der Waals surface area contributed by atoms with Gasteiger partial charge in [-0.2, -0.15) is 5.10 Å². The number of benzene rings is 1. The third-order valence-electron chi connectivity index (χ3n) is 3.73. The van der Waals surface area contributed by atoms with Crippen molar-refractivity contribution in [1.29, 1.82) is 0 Å². The van der Waals surface area contributed by atoms with E-state index in [9.17, 15) is 0 Å². The Kier molecular flexibility index (Phi) is 4.96. The molecule has 0 saturated carbocycles. The predicted molar refractivity (Wildman–Crippen MR) is 84.8 cm³/mol. The lowest BCUT2D eigenvalue weighted by atomic mass is 9.99. The number of rotatable bonds is 6. The number of nitrogens with one attached hydrogen (secondary N) is 1. The van der Waals surface area contributed by atoms with Crippen molar-refractivity contribution in [2.24, 2.45) is 7.05 Å². The van der Waals surface area contributed by atoms with E-state index in [1.54, 1.807) is 0 Å². The van der Waals surface area contributed by atoms with Crippen molar-refractivity contribution < 1.29 is 0 Å². The van der Waals surface area contributed by atoms with E-state index in [0.717, 1.165) is 25.9 Å². The third kappa shape index (κ3) is 2.93. The van der Waals surface area contributed by atoms with Crippen LogP contribution in [0, 0.1) is 0 Å². The van der Waals surface area contributed by atoms with Gasteiger partial charge >= 0.3 is 0 Å². The molecule has 1 heterocycles. The molecule has 20 heavy (non-hydrogen) atoms. The van der Waals surface area contributed by atoms with Gasteiger partial charge in [0.1, 0.15) is 0 Å². The molecule has 0 amide bonds.